The van der Waals surface area contributed by atoms with E-state index in [9.17, 15) is 10.2 Å². The van der Waals surface area contributed by atoms with E-state index in [0.717, 1.165) is 24.8 Å². The summed E-state index contributed by atoms with van der Waals surface area (Å²) < 4.78 is 5.69. The number of aliphatic hydroxyl groups is 2. The van der Waals surface area contributed by atoms with Gasteiger partial charge < -0.3 is 14.9 Å². The van der Waals surface area contributed by atoms with Gasteiger partial charge in [-0.05, 0) is 43.9 Å². The topological polar surface area (TPSA) is 49.7 Å². The lowest BCUT2D eigenvalue weighted by Gasteiger charge is -2.18. The molecule has 0 aromatic heterocycles. The second-order valence-corrected chi connectivity index (χ2v) is 4.93. The van der Waals surface area contributed by atoms with Crippen molar-refractivity contribution in [3.63, 3.8) is 0 Å². The number of hydrogen-bond donors (Lipinski definition) is 2. The molecule has 17 heavy (non-hydrogen) atoms. The van der Waals surface area contributed by atoms with Crippen molar-refractivity contribution in [2.45, 2.75) is 44.5 Å². The van der Waals surface area contributed by atoms with Gasteiger partial charge in [0.1, 0.15) is 11.9 Å². The maximum absolute atomic E-state index is 9.68. The lowest BCUT2D eigenvalue weighted by atomic mass is 10.1. The molecule has 1 aliphatic carbocycles. The van der Waals surface area contributed by atoms with Crippen LogP contribution in [-0.2, 0) is 0 Å². The minimum absolute atomic E-state index is 0.162. The van der Waals surface area contributed by atoms with Crippen LogP contribution in [0.4, 0.5) is 0 Å². The standard InChI is InChI=1S/C13H17ClO3/c1-8(15)9-5-6-12(10(14)7-9)17-13-4-2-3-11(13)16/h5-8,11,13,15-16H,2-4H2,1H3/t8-,11?,13?/m1/s1. The Kier molecular flexibility index (Phi) is 3.92. The average Bonchev–Trinajstić information content (AvgIpc) is 2.67. The van der Waals surface area contributed by atoms with Gasteiger partial charge in [0.15, 0.2) is 0 Å². The van der Waals surface area contributed by atoms with E-state index < -0.39 is 12.2 Å². The van der Waals surface area contributed by atoms with Crippen molar-refractivity contribution in [2.75, 3.05) is 0 Å². The first-order valence-corrected chi connectivity index (χ1v) is 6.28. The molecule has 0 heterocycles. The van der Waals surface area contributed by atoms with E-state index in [-0.39, 0.29) is 6.10 Å². The highest BCUT2D eigenvalue weighted by Crippen LogP contribution is 2.31. The molecule has 1 aliphatic rings. The Hall–Kier alpha value is -0.770. The van der Waals surface area contributed by atoms with Crippen molar-refractivity contribution < 1.29 is 14.9 Å². The monoisotopic (exact) mass is 256 g/mol. The van der Waals surface area contributed by atoms with Gasteiger partial charge in [0, 0.05) is 0 Å². The van der Waals surface area contributed by atoms with Gasteiger partial charge in [0.25, 0.3) is 0 Å². The maximum Gasteiger partial charge on any atom is 0.138 e. The second-order valence-electron chi connectivity index (χ2n) is 4.52. The summed E-state index contributed by atoms with van der Waals surface area (Å²) in [4.78, 5) is 0. The highest BCUT2D eigenvalue weighted by Gasteiger charge is 2.27. The van der Waals surface area contributed by atoms with Crippen LogP contribution in [0.25, 0.3) is 0 Å². The zero-order valence-electron chi connectivity index (χ0n) is 9.77. The predicted octanol–water partition coefficient (Wildman–Crippen LogP) is 2.69. The lowest BCUT2D eigenvalue weighted by molar-refractivity contribution is 0.0604. The molecule has 1 saturated carbocycles. The van der Waals surface area contributed by atoms with Crippen LogP contribution < -0.4 is 4.74 Å². The van der Waals surface area contributed by atoms with Gasteiger partial charge in [-0.25, -0.2) is 0 Å². The molecule has 0 aliphatic heterocycles. The molecule has 94 valence electrons. The molecule has 0 bridgehead atoms. The molecule has 0 saturated heterocycles. The predicted molar refractivity (Wildman–Crippen MR) is 66.4 cm³/mol. The second kappa shape index (κ2) is 5.25. The van der Waals surface area contributed by atoms with Crippen LogP contribution in [0.2, 0.25) is 5.02 Å². The van der Waals surface area contributed by atoms with Crippen molar-refractivity contribution >= 4 is 11.6 Å². The van der Waals surface area contributed by atoms with Gasteiger partial charge in [-0.15, -0.1) is 0 Å². The Balaban J connectivity index is 2.11. The summed E-state index contributed by atoms with van der Waals surface area (Å²) in [6.45, 7) is 1.69. The highest BCUT2D eigenvalue weighted by molar-refractivity contribution is 6.32. The molecule has 0 amide bonds. The van der Waals surface area contributed by atoms with Gasteiger partial charge in [0.2, 0.25) is 0 Å². The molecule has 0 radical (unpaired) electrons. The molecule has 2 rings (SSSR count). The van der Waals surface area contributed by atoms with E-state index in [1.54, 1.807) is 25.1 Å². The third-order valence-corrected chi connectivity index (χ3v) is 3.43. The molecule has 3 nitrogen and oxygen atoms in total. The molecule has 0 spiro atoms. The van der Waals surface area contributed by atoms with Crippen LogP contribution in [0, 0.1) is 0 Å². The summed E-state index contributed by atoms with van der Waals surface area (Å²) in [5.74, 6) is 0.571. The molecule has 3 atom stereocenters. The van der Waals surface area contributed by atoms with Gasteiger partial charge in [-0.2, -0.15) is 0 Å². The Morgan fingerprint density at radius 2 is 2.18 bits per heavy atom. The Bertz CT molecular complexity index is 392. The van der Waals surface area contributed by atoms with Crippen LogP contribution in [0.15, 0.2) is 18.2 Å². The van der Waals surface area contributed by atoms with Crippen molar-refractivity contribution in [1.29, 1.82) is 0 Å². The summed E-state index contributed by atoms with van der Waals surface area (Å²) in [6.07, 6.45) is 1.52. The third-order valence-electron chi connectivity index (χ3n) is 3.13. The number of halogens is 1. The smallest absolute Gasteiger partial charge is 0.138 e. The lowest BCUT2D eigenvalue weighted by Crippen LogP contribution is -2.25. The van der Waals surface area contributed by atoms with Gasteiger partial charge in [-0.3, -0.25) is 0 Å². The zero-order chi connectivity index (χ0) is 12.4. The number of rotatable bonds is 3. The van der Waals surface area contributed by atoms with Crippen LogP contribution in [0.3, 0.4) is 0 Å². The Morgan fingerprint density at radius 3 is 2.71 bits per heavy atom. The van der Waals surface area contributed by atoms with Gasteiger partial charge in [0.05, 0.1) is 17.2 Å². The van der Waals surface area contributed by atoms with E-state index in [4.69, 9.17) is 16.3 Å². The fourth-order valence-corrected chi connectivity index (χ4v) is 2.31. The van der Waals surface area contributed by atoms with Crippen LogP contribution >= 0.6 is 11.6 Å². The van der Waals surface area contributed by atoms with Gasteiger partial charge >= 0.3 is 0 Å². The quantitative estimate of drug-likeness (QED) is 0.874. The molecule has 1 aromatic rings. The third kappa shape index (κ3) is 2.92. The highest BCUT2D eigenvalue weighted by atomic mass is 35.5. The number of benzene rings is 1. The first-order valence-electron chi connectivity index (χ1n) is 5.90. The summed E-state index contributed by atoms with van der Waals surface area (Å²) in [6, 6.07) is 5.23. The van der Waals surface area contributed by atoms with Crippen LogP contribution in [0.5, 0.6) is 5.75 Å². The molecule has 2 N–H and O–H groups in total. The van der Waals surface area contributed by atoms with E-state index in [0.29, 0.717) is 10.8 Å². The Labute approximate surface area is 106 Å². The van der Waals surface area contributed by atoms with E-state index in [1.165, 1.54) is 0 Å². The van der Waals surface area contributed by atoms with Crippen molar-refractivity contribution in [1.82, 2.24) is 0 Å². The minimum atomic E-state index is -0.543. The summed E-state index contributed by atoms with van der Waals surface area (Å²) in [5, 5.41) is 19.6. The molecule has 1 aromatic carbocycles. The largest absolute Gasteiger partial charge is 0.486 e. The zero-order valence-corrected chi connectivity index (χ0v) is 10.5. The summed E-state index contributed by atoms with van der Waals surface area (Å²) in [5.41, 5.74) is 0.759. The molecule has 1 fully saturated rings. The molecule has 2 unspecified atom stereocenters. The van der Waals surface area contributed by atoms with Crippen LogP contribution in [-0.4, -0.2) is 22.4 Å². The van der Waals surface area contributed by atoms with E-state index >= 15 is 0 Å². The van der Waals surface area contributed by atoms with E-state index in [1.807, 2.05) is 0 Å². The van der Waals surface area contributed by atoms with Crippen molar-refractivity contribution in [3.05, 3.63) is 28.8 Å². The van der Waals surface area contributed by atoms with Gasteiger partial charge in [-0.1, -0.05) is 17.7 Å². The van der Waals surface area contributed by atoms with Crippen molar-refractivity contribution in [2.24, 2.45) is 0 Å². The van der Waals surface area contributed by atoms with Crippen molar-refractivity contribution in [3.8, 4) is 5.75 Å². The average molecular weight is 257 g/mol. The number of hydrogen-bond acceptors (Lipinski definition) is 3. The first kappa shape index (κ1) is 12.7. The fraction of sp³-hybridized carbons (Fsp3) is 0.538. The van der Waals surface area contributed by atoms with E-state index in [2.05, 4.69) is 0 Å². The Morgan fingerprint density at radius 1 is 1.41 bits per heavy atom. The first-order chi connectivity index (χ1) is 8.08. The molecule has 4 heteroatoms. The normalized spacial score (nSPS) is 25.9. The molecular formula is C13H17ClO3. The van der Waals surface area contributed by atoms with Crippen LogP contribution in [0.1, 0.15) is 37.9 Å². The minimum Gasteiger partial charge on any atom is -0.486 e. The summed E-state index contributed by atoms with van der Waals surface area (Å²) in [7, 11) is 0. The summed E-state index contributed by atoms with van der Waals surface area (Å²) >= 11 is 6.08. The SMILES string of the molecule is C[C@@H](O)c1ccc(OC2CCCC2O)c(Cl)c1. The molecular weight excluding hydrogens is 240 g/mol. The fourth-order valence-electron chi connectivity index (χ4n) is 2.08. The number of ether oxygens (including phenoxy) is 1. The number of aliphatic hydroxyl groups excluding tert-OH is 2. The maximum atomic E-state index is 9.68.